The fourth-order valence-corrected chi connectivity index (χ4v) is 1.70. The molecule has 2 nitrogen and oxygen atoms in total. The minimum absolute atomic E-state index is 0.660. The van der Waals surface area contributed by atoms with Crippen LogP contribution in [-0.2, 0) is 6.54 Å². The molecule has 1 aromatic rings. The molecule has 0 fully saturated rings. The lowest BCUT2D eigenvalue weighted by atomic mass is 10.2. The molecule has 0 aliphatic heterocycles. The molecule has 0 heterocycles. The van der Waals surface area contributed by atoms with Crippen LogP contribution < -0.4 is 5.32 Å². The fraction of sp³-hybridized carbons (Fsp3) is 0.600. The zero-order valence-corrected chi connectivity index (χ0v) is 11.4. The van der Waals surface area contributed by atoms with E-state index in [1.165, 1.54) is 24.9 Å². The van der Waals surface area contributed by atoms with Crippen LogP contribution in [0, 0.1) is 0 Å². The molecule has 0 bridgehead atoms. The lowest BCUT2D eigenvalue weighted by molar-refractivity contribution is 0.268. The highest BCUT2D eigenvalue weighted by atomic mass is 15.1. The SMILES string of the molecule is CC(C)N(C)CCCCNCc1ccccc1. The summed E-state index contributed by atoms with van der Waals surface area (Å²) in [6, 6.07) is 11.2. The Kier molecular flexibility index (Phi) is 6.90. The molecule has 1 aromatic carbocycles. The predicted octanol–water partition coefficient (Wildman–Crippen LogP) is 2.90. The average molecular weight is 234 g/mol. The van der Waals surface area contributed by atoms with Crippen molar-refractivity contribution in [2.24, 2.45) is 0 Å². The van der Waals surface area contributed by atoms with Gasteiger partial charge in [0.1, 0.15) is 0 Å². The van der Waals surface area contributed by atoms with Crippen molar-refractivity contribution in [1.29, 1.82) is 0 Å². The minimum Gasteiger partial charge on any atom is -0.313 e. The molecule has 0 spiro atoms. The van der Waals surface area contributed by atoms with Crippen molar-refractivity contribution in [3.63, 3.8) is 0 Å². The molecule has 0 aromatic heterocycles. The molecule has 1 N–H and O–H groups in total. The van der Waals surface area contributed by atoms with Crippen LogP contribution in [0.2, 0.25) is 0 Å². The summed E-state index contributed by atoms with van der Waals surface area (Å²) in [5, 5.41) is 3.49. The molecule has 0 aliphatic carbocycles. The number of nitrogens with one attached hydrogen (secondary N) is 1. The first-order valence-electron chi connectivity index (χ1n) is 6.65. The van der Waals surface area contributed by atoms with Crippen LogP contribution in [0.5, 0.6) is 0 Å². The van der Waals surface area contributed by atoms with Crippen LogP contribution in [0.3, 0.4) is 0 Å². The van der Waals surface area contributed by atoms with Crippen molar-refractivity contribution in [2.75, 3.05) is 20.1 Å². The third-order valence-electron chi connectivity index (χ3n) is 3.17. The largest absolute Gasteiger partial charge is 0.313 e. The van der Waals surface area contributed by atoms with Gasteiger partial charge in [-0.15, -0.1) is 0 Å². The summed E-state index contributed by atoms with van der Waals surface area (Å²) in [6.07, 6.45) is 2.53. The van der Waals surface area contributed by atoms with Gasteiger partial charge in [-0.25, -0.2) is 0 Å². The topological polar surface area (TPSA) is 15.3 Å². The van der Waals surface area contributed by atoms with Crippen molar-refractivity contribution in [3.05, 3.63) is 35.9 Å². The molecule has 0 atom stereocenters. The molecule has 1 rings (SSSR count). The molecular formula is C15H26N2. The van der Waals surface area contributed by atoms with E-state index in [9.17, 15) is 0 Å². The zero-order valence-electron chi connectivity index (χ0n) is 11.4. The highest BCUT2D eigenvalue weighted by Crippen LogP contribution is 1.99. The van der Waals surface area contributed by atoms with E-state index >= 15 is 0 Å². The van der Waals surface area contributed by atoms with E-state index in [2.05, 4.69) is 61.4 Å². The summed E-state index contributed by atoms with van der Waals surface area (Å²) in [5.41, 5.74) is 1.37. The van der Waals surface area contributed by atoms with Crippen molar-refractivity contribution < 1.29 is 0 Å². The van der Waals surface area contributed by atoms with Crippen molar-refractivity contribution in [1.82, 2.24) is 10.2 Å². The van der Waals surface area contributed by atoms with Gasteiger partial charge in [0, 0.05) is 12.6 Å². The summed E-state index contributed by atoms with van der Waals surface area (Å²) in [6.45, 7) is 7.79. The van der Waals surface area contributed by atoms with E-state index in [1.807, 2.05) is 0 Å². The number of hydrogen-bond acceptors (Lipinski definition) is 2. The molecule has 0 saturated heterocycles. The Bertz CT molecular complexity index is 282. The van der Waals surface area contributed by atoms with Crippen LogP contribution >= 0.6 is 0 Å². The third kappa shape index (κ3) is 6.44. The van der Waals surface area contributed by atoms with E-state index in [0.29, 0.717) is 6.04 Å². The van der Waals surface area contributed by atoms with Gasteiger partial charge in [-0.1, -0.05) is 30.3 Å². The molecule has 2 heteroatoms. The number of rotatable bonds is 8. The second-order valence-electron chi connectivity index (χ2n) is 4.94. The van der Waals surface area contributed by atoms with E-state index in [-0.39, 0.29) is 0 Å². The molecular weight excluding hydrogens is 208 g/mol. The van der Waals surface area contributed by atoms with Crippen molar-refractivity contribution >= 4 is 0 Å². The van der Waals surface area contributed by atoms with Crippen LogP contribution in [-0.4, -0.2) is 31.1 Å². The van der Waals surface area contributed by atoms with Crippen LogP contribution in [0.15, 0.2) is 30.3 Å². The summed E-state index contributed by atoms with van der Waals surface area (Å²) >= 11 is 0. The Morgan fingerprint density at radius 1 is 1.12 bits per heavy atom. The van der Waals surface area contributed by atoms with Gasteiger partial charge < -0.3 is 10.2 Å². The van der Waals surface area contributed by atoms with Gasteiger partial charge in [0.2, 0.25) is 0 Å². The monoisotopic (exact) mass is 234 g/mol. The van der Waals surface area contributed by atoms with E-state index in [0.717, 1.165) is 13.1 Å². The highest BCUT2D eigenvalue weighted by molar-refractivity contribution is 5.14. The Labute approximate surface area is 106 Å². The summed E-state index contributed by atoms with van der Waals surface area (Å²) < 4.78 is 0. The lowest BCUT2D eigenvalue weighted by Gasteiger charge is -2.20. The molecule has 96 valence electrons. The molecule has 0 amide bonds. The highest BCUT2D eigenvalue weighted by Gasteiger charge is 2.01. The fourth-order valence-electron chi connectivity index (χ4n) is 1.70. The molecule has 0 saturated carbocycles. The van der Waals surface area contributed by atoms with Gasteiger partial charge in [-0.05, 0) is 52.4 Å². The zero-order chi connectivity index (χ0) is 12.5. The number of benzene rings is 1. The molecule has 0 unspecified atom stereocenters. The Hall–Kier alpha value is -0.860. The van der Waals surface area contributed by atoms with Gasteiger partial charge in [0.25, 0.3) is 0 Å². The maximum atomic E-state index is 3.49. The first-order valence-corrected chi connectivity index (χ1v) is 6.65. The Morgan fingerprint density at radius 3 is 2.47 bits per heavy atom. The summed E-state index contributed by atoms with van der Waals surface area (Å²) in [4.78, 5) is 2.40. The van der Waals surface area contributed by atoms with Gasteiger partial charge in [0.05, 0.1) is 0 Å². The predicted molar refractivity (Wildman–Crippen MR) is 75.1 cm³/mol. The number of nitrogens with zero attached hydrogens (tertiary/aromatic N) is 1. The standard InChI is InChI=1S/C15H26N2/c1-14(2)17(3)12-8-7-11-16-13-15-9-5-4-6-10-15/h4-6,9-10,14,16H,7-8,11-13H2,1-3H3. The van der Waals surface area contributed by atoms with E-state index in [1.54, 1.807) is 0 Å². The molecule has 0 aliphatic rings. The second-order valence-corrected chi connectivity index (χ2v) is 4.94. The maximum absolute atomic E-state index is 3.49. The van der Waals surface area contributed by atoms with Crippen molar-refractivity contribution in [2.45, 2.75) is 39.3 Å². The smallest absolute Gasteiger partial charge is 0.0205 e. The van der Waals surface area contributed by atoms with Gasteiger partial charge in [-0.3, -0.25) is 0 Å². The molecule has 0 radical (unpaired) electrons. The average Bonchev–Trinajstić information content (AvgIpc) is 2.34. The van der Waals surface area contributed by atoms with Gasteiger partial charge in [-0.2, -0.15) is 0 Å². The Morgan fingerprint density at radius 2 is 1.82 bits per heavy atom. The summed E-state index contributed by atoms with van der Waals surface area (Å²) in [7, 11) is 2.20. The van der Waals surface area contributed by atoms with Crippen molar-refractivity contribution in [3.8, 4) is 0 Å². The summed E-state index contributed by atoms with van der Waals surface area (Å²) in [5.74, 6) is 0. The van der Waals surface area contributed by atoms with E-state index < -0.39 is 0 Å². The minimum atomic E-state index is 0.660. The lowest BCUT2D eigenvalue weighted by Crippen LogP contribution is -2.27. The maximum Gasteiger partial charge on any atom is 0.0205 e. The Balaban J connectivity index is 1.98. The van der Waals surface area contributed by atoms with Crippen LogP contribution in [0.1, 0.15) is 32.3 Å². The molecule has 17 heavy (non-hydrogen) atoms. The van der Waals surface area contributed by atoms with Crippen LogP contribution in [0.25, 0.3) is 0 Å². The first kappa shape index (κ1) is 14.2. The quantitative estimate of drug-likeness (QED) is 0.696. The normalized spacial score (nSPS) is 11.4. The first-order chi connectivity index (χ1) is 8.20. The van der Waals surface area contributed by atoms with Crippen LogP contribution in [0.4, 0.5) is 0 Å². The number of unbranched alkanes of at least 4 members (excludes halogenated alkanes) is 1. The third-order valence-corrected chi connectivity index (χ3v) is 3.17. The van der Waals surface area contributed by atoms with Gasteiger partial charge in [0.15, 0.2) is 0 Å². The van der Waals surface area contributed by atoms with Gasteiger partial charge >= 0.3 is 0 Å². The number of hydrogen-bond donors (Lipinski definition) is 1. The second kappa shape index (κ2) is 8.26. The van der Waals surface area contributed by atoms with E-state index in [4.69, 9.17) is 0 Å².